The molecule has 1 atom stereocenters. The van der Waals surface area contributed by atoms with Crippen LogP contribution in [0.1, 0.15) is 33.4 Å². The van der Waals surface area contributed by atoms with Gasteiger partial charge in [-0.05, 0) is 33.9 Å². The predicted molar refractivity (Wildman–Crippen MR) is 78.8 cm³/mol. The number of hydrogen-bond acceptors (Lipinski definition) is 1. The second-order valence-electron chi connectivity index (χ2n) is 5.33. The van der Waals surface area contributed by atoms with E-state index < -0.39 is 21.6 Å². The number of rotatable bonds is 1. The molecule has 0 saturated heterocycles. The molecule has 0 amide bonds. The van der Waals surface area contributed by atoms with Crippen molar-refractivity contribution in [2.75, 3.05) is 0 Å². The number of thioether (sulfide) groups is 1. The molecule has 2 bridgehead atoms. The van der Waals surface area contributed by atoms with Gasteiger partial charge < -0.3 is 0 Å². The quantitative estimate of drug-likeness (QED) is 0.626. The number of benzene rings is 2. The Labute approximate surface area is 129 Å². The molecule has 0 fully saturated rings. The SMILES string of the molecule is FC(F)(Cl)C1(F)SC2c3ccccc3C1c1ccccc12. The van der Waals surface area contributed by atoms with Crippen LogP contribution >= 0.6 is 23.4 Å². The van der Waals surface area contributed by atoms with Crippen LogP contribution in [0.5, 0.6) is 0 Å². The monoisotopic (exact) mass is 326 g/mol. The highest BCUT2D eigenvalue weighted by Gasteiger charge is 2.66. The molecule has 1 unspecified atom stereocenters. The van der Waals surface area contributed by atoms with E-state index in [1.54, 1.807) is 24.3 Å². The zero-order valence-electron chi connectivity index (χ0n) is 10.7. The lowest BCUT2D eigenvalue weighted by atomic mass is 9.74. The van der Waals surface area contributed by atoms with Gasteiger partial charge in [-0.3, -0.25) is 0 Å². The summed E-state index contributed by atoms with van der Waals surface area (Å²) in [4.78, 5) is 0. The van der Waals surface area contributed by atoms with Gasteiger partial charge in [0.1, 0.15) is 0 Å². The van der Waals surface area contributed by atoms with Crippen molar-refractivity contribution in [3.8, 4) is 0 Å². The lowest BCUT2D eigenvalue weighted by Gasteiger charge is -2.49. The Kier molecular flexibility index (Phi) is 2.71. The van der Waals surface area contributed by atoms with Crippen molar-refractivity contribution in [1.29, 1.82) is 0 Å². The van der Waals surface area contributed by atoms with E-state index in [1.807, 2.05) is 24.3 Å². The maximum absolute atomic E-state index is 15.2. The highest BCUT2D eigenvalue weighted by atomic mass is 35.5. The third kappa shape index (κ3) is 1.66. The summed E-state index contributed by atoms with van der Waals surface area (Å²) in [5, 5.41) is -7.21. The first-order valence-electron chi connectivity index (χ1n) is 6.54. The lowest BCUT2D eigenvalue weighted by Crippen LogP contribution is -2.49. The van der Waals surface area contributed by atoms with E-state index in [2.05, 4.69) is 0 Å². The normalized spacial score (nSPS) is 29.9. The molecule has 3 aliphatic rings. The van der Waals surface area contributed by atoms with Crippen molar-refractivity contribution in [2.45, 2.75) is 21.6 Å². The fraction of sp³-hybridized carbons (Fsp3) is 0.250. The topological polar surface area (TPSA) is 0 Å². The van der Waals surface area contributed by atoms with Crippen LogP contribution in [0.25, 0.3) is 0 Å². The van der Waals surface area contributed by atoms with E-state index in [0.717, 1.165) is 11.1 Å². The van der Waals surface area contributed by atoms with E-state index in [4.69, 9.17) is 11.6 Å². The second-order valence-corrected chi connectivity index (χ2v) is 7.11. The molecule has 0 aromatic heterocycles. The number of hydrogen-bond donors (Lipinski definition) is 0. The maximum Gasteiger partial charge on any atom is 0.365 e. The molecular weight excluding hydrogens is 317 g/mol. The van der Waals surface area contributed by atoms with Crippen LogP contribution in [0.4, 0.5) is 13.2 Å². The fourth-order valence-electron chi connectivity index (χ4n) is 3.36. The van der Waals surface area contributed by atoms with Crippen molar-refractivity contribution < 1.29 is 13.2 Å². The van der Waals surface area contributed by atoms with Crippen LogP contribution in [0.3, 0.4) is 0 Å². The Morgan fingerprint density at radius 1 is 0.905 bits per heavy atom. The van der Waals surface area contributed by atoms with Gasteiger partial charge in [0, 0.05) is 0 Å². The number of alkyl halides is 4. The molecule has 2 aliphatic heterocycles. The Morgan fingerprint density at radius 2 is 1.33 bits per heavy atom. The zero-order chi connectivity index (χ0) is 14.8. The lowest BCUT2D eigenvalue weighted by molar-refractivity contribution is -0.0255. The molecule has 2 heterocycles. The average Bonchev–Trinajstić information content (AvgIpc) is 2.46. The number of fused-ring (bicyclic) bond motifs is 1. The fourth-order valence-corrected chi connectivity index (χ4v) is 5.15. The molecular formula is C16H10ClF3S. The first-order chi connectivity index (χ1) is 9.93. The molecule has 0 spiro atoms. The van der Waals surface area contributed by atoms with Crippen molar-refractivity contribution in [2.24, 2.45) is 0 Å². The van der Waals surface area contributed by atoms with Gasteiger partial charge in [-0.2, -0.15) is 8.78 Å². The third-order valence-corrected chi connectivity index (χ3v) is 6.19. The first-order valence-corrected chi connectivity index (χ1v) is 7.80. The summed E-state index contributed by atoms with van der Waals surface area (Å²) in [5.74, 6) is -1.05. The summed E-state index contributed by atoms with van der Waals surface area (Å²) in [5.41, 5.74) is 3.03. The van der Waals surface area contributed by atoms with E-state index in [-0.39, 0.29) is 0 Å². The Hall–Kier alpha value is -1.13. The second kappa shape index (κ2) is 4.20. The smallest absolute Gasteiger partial charge is 0.223 e. The maximum atomic E-state index is 15.2. The molecule has 5 rings (SSSR count). The minimum Gasteiger partial charge on any atom is -0.223 e. The van der Waals surface area contributed by atoms with Crippen molar-refractivity contribution in [3.05, 3.63) is 70.8 Å². The molecule has 21 heavy (non-hydrogen) atoms. The van der Waals surface area contributed by atoms with Crippen LogP contribution in [0.15, 0.2) is 48.5 Å². The zero-order valence-corrected chi connectivity index (χ0v) is 12.3. The van der Waals surface area contributed by atoms with Gasteiger partial charge >= 0.3 is 5.38 Å². The summed E-state index contributed by atoms with van der Waals surface area (Å²) < 4.78 is 42.8. The van der Waals surface area contributed by atoms with E-state index in [0.29, 0.717) is 22.9 Å². The molecule has 2 aromatic carbocycles. The highest BCUT2D eigenvalue weighted by Crippen LogP contribution is 2.68. The largest absolute Gasteiger partial charge is 0.365 e. The summed E-state index contributed by atoms with van der Waals surface area (Å²) in [6, 6.07) is 14.4. The average molecular weight is 327 g/mol. The Morgan fingerprint density at radius 3 is 1.76 bits per heavy atom. The van der Waals surface area contributed by atoms with Gasteiger partial charge in [0.15, 0.2) is 0 Å². The molecule has 0 nitrogen and oxygen atoms in total. The number of halogens is 4. The van der Waals surface area contributed by atoms with Gasteiger partial charge in [-0.25, -0.2) is 4.39 Å². The summed E-state index contributed by atoms with van der Waals surface area (Å²) >= 11 is 5.78. The highest BCUT2D eigenvalue weighted by molar-refractivity contribution is 8.01. The van der Waals surface area contributed by atoms with Gasteiger partial charge in [0.2, 0.25) is 5.00 Å². The third-order valence-electron chi connectivity index (χ3n) is 4.23. The van der Waals surface area contributed by atoms with Crippen molar-refractivity contribution in [1.82, 2.24) is 0 Å². The van der Waals surface area contributed by atoms with Crippen molar-refractivity contribution >= 4 is 23.4 Å². The molecule has 0 saturated carbocycles. The molecule has 5 heteroatoms. The molecule has 0 N–H and O–H groups in total. The standard InChI is InChI=1S/C16H10ClF3S/c17-16(19,20)15(18)13-9-5-1-3-7-11(9)14(21-15)12-8-4-2-6-10(12)13/h1-8,13-14H. The molecule has 2 aromatic rings. The molecule has 0 radical (unpaired) electrons. The van der Waals surface area contributed by atoms with Crippen molar-refractivity contribution in [3.63, 3.8) is 0 Å². The van der Waals surface area contributed by atoms with Gasteiger partial charge in [0.05, 0.1) is 11.2 Å². The Balaban J connectivity index is 2.04. The summed E-state index contributed by atoms with van der Waals surface area (Å²) in [7, 11) is 0. The van der Waals surface area contributed by atoms with Gasteiger partial charge in [-0.15, -0.1) is 11.8 Å². The van der Waals surface area contributed by atoms with Crippen LogP contribution in [0.2, 0.25) is 0 Å². The molecule has 1 aliphatic carbocycles. The minimum absolute atomic E-state index is 0.447. The predicted octanol–water partition coefficient (Wildman–Crippen LogP) is 5.47. The first kappa shape index (κ1) is 13.5. The van der Waals surface area contributed by atoms with Crippen LogP contribution < -0.4 is 0 Å². The summed E-state index contributed by atoms with van der Waals surface area (Å²) in [6.07, 6.45) is 0. The van der Waals surface area contributed by atoms with Gasteiger partial charge in [0.25, 0.3) is 0 Å². The van der Waals surface area contributed by atoms with Gasteiger partial charge in [-0.1, -0.05) is 48.5 Å². The Bertz CT molecular complexity index is 680. The van der Waals surface area contributed by atoms with Crippen LogP contribution in [-0.2, 0) is 0 Å². The minimum atomic E-state index is -3.93. The molecule has 108 valence electrons. The van der Waals surface area contributed by atoms with E-state index in [1.165, 1.54) is 0 Å². The summed E-state index contributed by atoms with van der Waals surface area (Å²) in [6.45, 7) is 0. The van der Waals surface area contributed by atoms with E-state index in [9.17, 15) is 8.78 Å². The van der Waals surface area contributed by atoms with E-state index >= 15 is 4.39 Å². The van der Waals surface area contributed by atoms with Crippen LogP contribution in [-0.4, -0.2) is 10.4 Å². The van der Waals surface area contributed by atoms with Crippen LogP contribution in [0, 0.1) is 0 Å².